The van der Waals surface area contributed by atoms with Gasteiger partial charge in [0.15, 0.2) is 23.1 Å². The number of hydrogen-bond acceptors (Lipinski definition) is 11. The molecule has 2 atom stereocenters. The van der Waals surface area contributed by atoms with E-state index >= 15 is 0 Å². The van der Waals surface area contributed by atoms with E-state index in [1.165, 1.54) is 20.1 Å². The van der Waals surface area contributed by atoms with Crippen LogP contribution in [0.15, 0.2) is 28.8 Å². The largest absolute Gasteiger partial charge is 0.494 e. The van der Waals surface area contributed by atoms with Crippen LogP contribution in [0.2, 0.25) is 0 Å². The maximum Gasteiger partial charge on any atom is 0.273 e. The lowest BCUT2D eigenvalue weighted by atomic mass is 10.1. The van der Waals surface area contributed by atoms with Crippen molar-refractivity contribution in [3.63, 3.8) is 0 Å². The minimum Gasteiger partial charge on any atom is -0.494 e. The van der Waals surface area contributed by atoms with Crippen molar-refractivity contribution in [2.75, 3.05) is 24.7 Å². The summed E-state index contributed by atoms with van der Waals surface area (Å²) in [6.45, 7) is 0.356. The standard InChI is InChI=1S/C25H30N8O6/c1-5-18(35)29-19(12(2)34)22-30-25(39-33-22)14-7-6-8-15(21(14)38-4)27-16-11-17(28-23(36)13-9-10-13)31-32-20(16)24(37)26-3/h6-8,11-13,19,34H,5,9-10H2,1-4H3,(H,26,37)(H,29,35)(H2,27,28,31,36)/t12-,19+/m0/s1/i3D3. The van der Waals surface area contributed by atoms with Gasteiger partial charge in [-0.3, -0.25) is 14.4 Å². The van der Waals surface area contributed by atoms with Gasteiger partial charge in [0.1, 0.15) is 6.04 Å². The lowest BCUT2D eigenvalue weighted by Gasteiger charge is -2.17. The number of aromatic nitrogens is 4. The zero-order valence-corrected chi connectivity index (χ0v) is 21.4. The Morgan fingerprint density at radius 3 is 2.72 bits per heavy atom. The van der Waals surface area contributed by atoms with Gasteiger partial charge < -0.3 is 35.6 Å². The molecule has 1 saturated carbocycles. The summed E-state index contributed by atoms with van der Waals surface area (Å²) in [5, 5.41) is 32.0. The zero-order chi connectivity index (χ0) is 30.6. The van der Waals surface area contributed by atoms with Crippen LogP contribution in [0, 0.1) is 5.92 Å². The van der Waals surface area contributed by atoms with Crippen LogP contribution in [-0.4, -0.2) is 63.4 Å². The molecule has 0 saturated heterocycles. The number of carbonyl (C=O) groups excluding carboxylic acids is 3. The molecule has 14 heteroatoms. The van der Waals surface area contributed by atoms with Gasteiger partial charge in [-0.1, -0.05) is 18.1 Å². The van der Waals surface area contributed by atoms with Crippen LogP contribution < -0.4 is 26.0 Å². The van der Waals surface area contributed by atoms with Crippen LogP contribution in [0.25, 0.3) is 11.5 Å². The van der Waals surface area contributed by atoms with Crippen molar-refractivity contribution in [2.45, 2.75) is 45.3 Å². The quantitative estimate of drug-likeness (QED) is 0.238. The first-order chi connectivity index (χ1) is 19.9. The molecule has 5 N–H and O–H groups in total. The Hall–Kier alpha value is -4.59. The Balaban J connectivity index is 1.69. The maximum atomic E-state index is 12.8. The first kappa shape index (κ1) is 23.5. The van der Waals surface area contributed by atoms with E-state index in [-0.39, 0.29) is 64.5 Å². The number of ether oxygens (including phenoxy) is 1. The lowest BCUT2D eigenvalue weighted by Crippen LogP contribution is -2.35. The molecular formula is C25H30N8O6. The molecule has 2 heterocycles. The van der Waals surface area contributed by atoms with Crippen LogP contribution in [0.3, 0.4) is 0 Å². The van der Waals surface area contributed by atoms with Gasteiger partial charge in [-0.2, -0.15) is 4.98 Å². The number of amides is 3. The lowest BCUT2D eigenvalue weighted by molar-refractivity contribution is -0.122. The average molecular weight is 542 g/mol. The number of methoxy groups -OCH3 is 1. The van der Waals surface area contributed by atoms with E-state index in [9.17, 15) is 19.5 Å². The normalized spacial score (nSPS) is 15.6. The summed E-state index contributed by atoms with van der Waals surface area (Å²) >= 11 is 0. The van der Waals surface area contributed by atoms with Gasteiger partial charge in [-0.05, 0) is 31.9 Å². The van der Waals surface area contributed by atoms with E-state index in [0.717, 1.165) is 12.8 Å². The molecule has 3 aromatic rings. The number of hydrogen-bond donors (Lipinski definition) is 5. The molecule has 0 bridgehead atoms. The Kier molecular flexibility index (Phi) is 7.15. The molecule has 0 aliphatic heterocycles. The van der Waals surface area contributed by atoms with Crippen LogP contribution >= 0.6 is 0 Å². The van der Waals surface area contributed by atoms with Crippen molar-refractivity contribution in [3.8, 4) is 17.2 Å². The Bertz CT molecular complexity index is 1470. The fourth-order valence-electron chi connectivity index (χ4n) is 3.66. The van der Waals surface area contributed by atoms with E-state index < -0.39 is 25.0 Å². The predicted octanol–water partition coefficient (Wildman–Crippen LogP) is 1.93. The molecule has 1 aromatic carbocycles. The smallest absolute Gasteiger partial charge is 0.273 e. The SMILES string of the molecule is [2H]C([2H])([2H])NC(=O)c1nnc(NC(=O)C2CC2)cc1Nc1cccc(-c2nc([C@H](NC(=O)CC)[C@H](C)O)no2)c1OC. The van der Waals surface area contributed by atoms with E-state index in [0.29, 0.717) is 5.56 Å². The van der Waals surface area contributed by atoms with Crippen LogP contribution in [-0.2, 0) is 9.59 Å². The molecule has 206 valence electrons. The predicted molar refractivity (Wildman–Crippen MR) is 139 cm³/mol. The third-order valence-electron chi connectivity index (χ3n) is 5.88. The number of benzene rings is 1. The molecule has 1 aliphatic carbocycles. The van der Waals surface area contributed by atoms with Gasteiger partial charge in [0, 0.05) is 29.5 Å². The number of nitrogens with zero attached hydrogens (tertiary/aromatic N) is 4. The molecule has 1 aliphatic rings. The number of aliphatic hydroxyl groups is 1. The Morgan fingerprint density at radius 1 is 1.26 bits per heavy atom. The van der Waals surface area contributed by atoms with Gasteiger partial charge in [-0.25, -0.2) is 0 Å². The van der Waals surface area contributed by atoms with Crippen molar-refractivity contribution in [1.82, 2.24) is 31.0 Å². The zero-order valence-electron chi connectivity index (χ0n) is 24.4. The highest BCUT2D eigenvalue weighted by Crippen LogP contribution is 2.38. The van der Waals surface area contributed by atoms with E-state index in [1.807, 2.05) is 5.32 Å². The average Bonchev–Trinajstić information content (AvgIpc) is 3.67. The monoisotopic (exact) mass is 541 g/mol. The third-order valence-corrected chi connectivity index (χ3v) is 5.88. The second kappa shape index (κ2) is 11.9. The van der Waals surface area contributed by atoms with Gasteiger partial charge in [0.25, 0.3) is 11.8 Å². The summed E-state index contributed by atoms with van der Waals surface area (Å²) in [6.07, 6.45) is 0.688. The summed E-state index contributed by atoms with van der Waals surface area (Å²) in [7, 11) is 1.38. The second-order valence-corrected chi connectivity index (χ2v) is 8.82. The highest BCUT2D eigenvalue weighted by atomic mass is 16.5. The minimum absolute atomic E-state index is 0.00695. The third kappa shape index (κ3) is 6.29. The maximum absolute atomic E-state index is 12.8. The summed E-state index contributed by atoms with van der Waals surface area (Å²) in [6, 6.07) is 5.28. The molecule has 14 nitrogen and oxygen atoms in total. The summed E-state index contributed by atoms with van der Waals surface area (Å²) < 4.78 is 33.2. The van der Waals surface area contributed by atoms with E-state index in [2.05, 4.69) is 36.3 Å². The van der Waals surface area contributed by atoms with E-state index in [4.69, 9.17) is 13.4 Å². The fraction of sp³-hybridized carbons (Fsp3) is 0.400. The summed E-state index contributed by atoms with van der Waals surface area (Å²) in [5.74, 6) is -1.41. The molecule has 39 heavy (non-hydrogen) atoms. The van der Waals surface area contributed by atoms with Gasteiger partial charge in [0.05, 0.1) is 30.2 Å². The van der Waals surface area contributed by atoms with Crippen molar-refractivity contribution in [2.24, 2.45) is 5.92 Å². The Labute approximate surface area is 228 Å². The number of carbonyl (C=O) groups is 3. The minimum atomic E-state index is -2.79. The molecule has 0 spiro atoms. The van der Waals surface area contributed by atoms with Gasteiger partial charge in [-0.15, -0.1) is 10.2 Å². The number of anilines is 3. The summed E-state index contributed by atoms with van der Waals surface area (Å²) in [4.78, 5) is 41.3. The van der Waals surface area contributed by atoms with Crippen molar-refractivity contribution in [1.29, 1.82) is 0 Å². The first-order valence-corrected chi connectivity index (χ1v) is 12.2. The first-order valence-electron chi connectivity index (χ1n) is 13.7. The number of rotatable bonds is 11. The molecule has 1 fully saturated rings. The van der Waals surface area contributed by atoms with Crippen molar-refractivity contribution >= 4 is 34.9 Å². The Morgan fingerprint density at radius 2 is 2.05 bits per heavy atom. The van der Waals surface area contributed by atoms with Gasteiger partial charge >= 0.3 is 0 Å². The molecule has 4 rings (SSSR count). The molecule has 0 unspecified atom stereocenters. The second-order valence-electron chi connectivity index (χ2n) is 8.82. The van der Waals surface area contributed by atoms with Gasteiger partial charge in [0.2, 0.25) is 11.8 Å². The van der Waals surface area contributed by atoms with E-state index in [1.54, 1.807) is 25.1 Å². The van der Waals surface area contributed by atoms with Crippen LogP contribution in [0.4, 0.5) is 17.2 Å². The number of nitrogens with one attached hydrogen (secondary N) is 4. The fourth-order valence-corrected chi connectivity index (χ4v) is 3.66. The number of para-hydroxylation sites is 1. The number of aliphatic hydroxyl groups excluding tert-OH is 1. The van der Waals surface area contributed by atoms with Crippen LogP contribution in [0.5, 0.6) is 5.75 Å². The summed E-state index contributed by atoms with van der Waals surface area (Å²) in [5.41, 5.74) is 0.284. The van der Waals surface area contributed by atoms with Crippen LogP contribution in [0.1, 0.15) is 59.6 Å². The highest BCUT2D eigenvalue weighted by Gasteiger charge is 2.30. The molecule has 2 aromatic heterocycles. The molecular weight excluding hydrogens is 508 g/mol. The molecule has 3 amide bonds. The topological polar surface area (TPSA) is 193 Å². The molecule has 0 radical (unpaired) electrons. The van der Waals surface area contributed by atoms with Crippen molar-refractivity contribution in [3.05, 3.63) is 35.8 Å². The highest BCUT2D eigenvalue weighted by molar-refractivity contribution is 6.00. The van der Waals surface area contributed by atoms with Crippen molar-refractivity contribution < 1.29 is 32.9 Å².